The number of fused-ring (bicyclic) bond motifs is 1. The van der Waals surface area contributed by atoms with Crippen molar-refractivity contribution in [3.63, 3.8) is 0 Å². The summed E-state index contributed by atoms with van der Waals surface area (Å²) in [5.41, 5.74) is 2.39. The zero-order valence-electron chi connectivity index (χ0n) is 12.5. The number of nitrogens with zero attached hydrogens (tertiary/aromatic N) is 4. The van der Waals surface area contributed by atoms with E-state index in [2.05, 4.69) is 25.3 Å². The van der Waals surface area contributed by atoms with Crippen LogP contribution in [0.25, 0.3) is 0 Å². The second-order valence-electron chi connectivity index (χ2n) is 5.08. The number of nitrogens with one attached hydrogen (secondary N) is 1. The molecule has 118 valence electrons. The van der Waals surface area contributed by atoms with Crippen molar-refractivity contribution in [1.82, 2.24) is 15.0 Å². The van der Waals surface area contributed by atoms with Gasteiger partial charge in [0.15, 0.2) is 17.4 Å². The van der Waals surface area contributed by atoms with Crippen molar-refractivity contribution in [2.45, 2.75) is 6.54 Å². The fourth-order valence-corrected chi connectivity index (χ4v) is 2.35. The molecule has 6 nitrogen and oxygen atoms in total. The quantitative estimate of drug-likeness (QED) is 0.802. The van der Waals surface area contributed by atoms with Gasteiger partial charge in [0.1, 0.15) is 5.69 Å². The molecular weight excluding hydrogens is 309 g/mol. The Morgan fingerprint density at radius 3 is 2.67 bits per heavy atom. The molecule has 2 aromatic heterocycles. The minimum atomic E-state index is -0.521. The molecule has 4 rings (SSSR count). The van der Waals surface area contributed by atoms with E-state index in [0.717, 1.165) is 11.3 Å². The Kier molecular flexibility index (Phi) is 3.59. The second kappa shape index (κ2) is 6.04. The molecule has 0 amide bonds. The summed E-state index contributed by atoms with van der Waals surface area (Å²) in [7, 11) is 0. The molecule has 7 heteroatoms. The number of rotatable bonds is 3. The van der Waals surface area contributed by atoms with Gasteiger partial charge in [0.2, 0.25) is 0 Å². The van der Waals surface area contributed by atoms with E-state index in [1.807, 2.05) is 12.1 Å². The maximum atomic E-state index is 14.2. The fourth-order valence-electron chi connectivity index (χ4n) is 2.35. The lowest BCUT2D eigenvalue weighted by molar-refractivity contribution is 0.411. The lowest BCUT2D eigenvalue weighted by Gasteiger charge is -2.09. The number of aliphatic imine (C=N–C) groups is 1. The molecule has 0 fully saturated rings. The Morgan fingerprint density at radius 2 is 1.83 bits per heavy atom. The predicted octanol–water partition coefficient (Wildman–Crippen LogP) is 3.18. The van der Waals surface area contributed by atoms with E-state index in [1.54, 1.807) is 18.3 Å². The van der Waals surface area contributed by atoms with E-state index in [-0.39, 0.29) is 11.8 Å². The topological polar surface area (TPSA) is 72.3 Å². The smallest absolute Gasteiger partial charge is 0.321 e. The molecule has 0 saturated carbocycles. The van der Waals surface area contributed by atoms with Crippen LogP contribution in [-0.4, -0.2) is 20.8 Å². The van der Waals surface area contributed by atoms with Gasteiger partial charge in [-0.25, -0.2) is 14.4 Å². The average molecular weight is 321 g/mol. The van der Waals surface area contributed by atoms with Crippen LogP contribution in [0.5, 0.6) is 11.8 Å². The van der Waals surface area contributed by atoms with Crippen molar-refractivity contribution in [3.05, 3.63) is 72.1 Å². The molecule has 0 bridgehead atoms. The Labute approximate surface area is 137 Å². The van der Waals surface area contributed by atoms with E-state index in [4.69, 9.17) is 4.74 Å². The molecule has 3 aromatic rings. The third-order valence-corrected chi connectivity index (χ3v) is 3.46. The highest BCUT2D eigenvalue weighted by Crippen LogP contribution is 2.25. The highest BCUT2D eigenvalue weighted by atomic mass is 19.1. The van der Waals surface area contributed by atoms with Gasteiger partial charge in [0, 0.05) is 35.9 Å². The number of pyridine rings is 1. The lowest BCUT2D eigenvalue weighted by atomic mass is 10.2. The van der Waals surface area contributed by atoms with Crippen LogP contribution in [0, 0.1) is 5.82 Å². The van der Waals surface area contributed by atoms with E-state index < -0.39 is 5.82 Å². The first-order chi connectivity index (χ1) is 11.8. The molecule has 0 aliphatic carbocycles. The molecule has 1 N–H and O–H groups in total. The first-order valence-electron chi connectivity index (χ1n) is 7.30. The van der Waals surface area contributed by atoms with Gasteiger partial charge in [-0.3, -0.25) is 9.98 Å². The Hall–Kier alpha value is -3.35. The molecule has 0 radical (unpaired) electrons. The number of hydrogen-bond donors (Lipinski definition) is 1. The van der Waals surface area contributed by atoms with Crippen LogP contribution in [-0.2, 0) is 6.54 Å². The normalized spacial score (nSPS) is 12.5. The average Bonchev–Trinajstić information content (AvgIpc) is 3.01. The summed E-state index contributed by atoms with van der Waals surface area (Å²) in [6.45, 7) is 0.570. The number of halogens is 1. The number of amidine groups is 1. The van der Waals surface area contributed by atoms with Crippen molar-refractivity contribution in [2.75, 3.05) is 5.32 Å². The zero-order valence-corrected chi connectivity index (χ0v) is 12.5. The minimum Gasteiger partial charge on any atom is -0.421 e. The van der Waals surface area contributed by atoms with Crippen molar-refractivity contribution in [2.24, 2.45) is 4.99 Å². The van der Waals surface area contributed by atoms with E-state index in [0.29, 0.717) is 18.1 Å². The zero-order chi connectivity index (χ0) is 16.4. The molecule has 0 saturated heterocycles. The monoisotopic (exact) mass is 321 g/mol. The van der Waals surface area contributed by atoms with Gasteiger partial charge < -0.3 is 10.1 Å². The summed E-state index contributed by atoms with van der Waals surface area (Å²) < 4.78 is 19.6. The summed E-state index contributed by atoms with van der Waals surface area (Å²) in [6.07, 6.45) is 4.76. The fraction of sp³-hybridized carbons (Fsp3) is 0.0588. The number of anilines is 1. The summed E-state index contributed by atoms with van der Waals surface area (Å²) >= 11 is 0. The molecule has 0 unspecified atom stereocenters. The standard InChI is InChI=1S/C17H12FN5O/c18-13-9-12(4-5-14(13)24-17-20-7-2-8-21-17)23-16-15-11(10-22-16)3-1-6-19-15/h1-9H,10H2,(H,22,23). The molecule has 1 aliphatic heterocycles. The summed E-state index contributed by atoms with van der Waals surface area (Å²) in [5.74, 6) is 0.163. The lowest BCUT2D eigenvalue weighted by Crippen LogP contribution is -2.13. The number of aromatic nitrogens is 3. The predicted molar refractivity (Wildman–Crippen MR) is 86.6 cm³/mol. The van der Waals surface area contributed by atoms with Gasteiger partial charge in [0.05, 0.1) is 6.54 Å². The number of benzene rings is 1. The molecule has 0 spiro atoms. The van der Waals surface area contributed by atoms with Crippen LogP contribution in [0.2, 0.25) is 0 Å². The van der Waals surface area contributed by atoms with Crippen LogP contribution in [0.1, 0.15) is 11.3 Å². The van der Waals surface area contributed by atoms with Crippen molar-refractivity contribution in [1.29, 1.82) is 0 Å². The van der Waals surface area contributed by atoms with E-state index in [1.165, 1.54) is 24.5 Å². The first kappa shape index (κ1) is 14.3. The highest BCUT2D eigenvalue weighted by Gasteiger charge is 2.17. The van der Waals surface area contributed by atoms with Crippen LogP contribution in [0.15, 0.2) is 60.0 Å². The molecule has 0 atom stereocenters. The molecule has 1 aromatic carbocycles. The number of hydrogen-bond acceptors (Lipinski definition) is 6. The Balaban J connectivity index is 1.53. The van der Waals surface area contributed by atoms with E-state index >= 15 is 0 Å². The van der Waals surface area contributed by atoms with Crippen LogP contribution in [0.4, 0.5) is 10.1 Å². The Bertz CT molecular complexity index is 914. The van der Waals surface area contributed by atoms with Gasteiger partial charge in [-0.1, -0.05) is 6.07 Å². The van der Waals surface area contributed by atoms with Crippen LogP contribution in [0.3, 0.4) is 0 Å². The third-order valence-electron chi connectivity index (χ3n) is 3.46. The van der Waals surface area contributed by atoms with Gasteiger partial charge in [-0.15, -0.1) is 0 Å². The van der Waals surface area contributed by atoms with E-state index in [9.17, 15) is 4.39 Å². The van der Waals surface area contributed by atoms with Crippen molar-refractivity contribution in [3.8, 4) is 11.8 Å². The van der Waals surface area contributed by atoms with Gasteiger partial charge in [-0.05, 0) is 24.3 Å². The molecule has 1 aliphatic rings. The van der Waals surface area contributed by atoms with Gasteiger partial charge in [0.25, 0.3) is 0 Å². The van der Waals surface area contributed by atoms with Crippen LogP contribution >= 0.6 is 0 Å². The first-order valence-corrected chi connectivity index (χ1v) is 7.30. The highest BCUT2D eigenvalue weighted by molar-refractivity contribution is 6.09. The van der Waals surface area contributed by atoms with Crippen LogP contribution < -0.4 is 10.1 Å². The summed E-state index contributed by atoms with van der Waals surface area (Å²) in [5, 5.41) is 3.09. The van der Waals surface area contributed by atoms with Gasteiger partial charge >= 0.3 is 6.01 Å². The second-order valence-corrected chi connectivity index (χ2v) is 5.08. The number of ether oxygens (including phenoxy) is 1. The largest absolute Gasteiger partial charge is 0.421 e. The van der Waals surface area contributed by atoms with Gasteiger partial charge in [-0.2, -0.15) is 0 Å². The molecular formula is C17H12FN5O. The molecule has 24 heavy (non-hydrogen) atoms. The van der Waals surface area contributed by atoms with Crippen molar-refractivity contribution < 1.29 is 9.13 Å². The summed E-state index contributed by atoms with van der Waals surface area (Å²) in [6, 6.07) is 10.1. The minimum absolute atomic E-state index is 0.0543. The maximum Gasteiger partial charge on any atom is 0.321 e. The molecule has 3 heterocycles. The third kappa shape index (κ3) is 2.79. The summed E-state index contributed by atoms with van der Waals surface area (Å²) in [4.78, 5) is 16.5. The SMILES string of the molecule is Fc1cc(NC2=NCc3cccnc32)ccc1Oc1ncccn1. The Morgan fingerprint density at radius 1 is 1.00 bits per heavy atom. The maximum absolute atomic E-state index is 14.2. The van der Waals surface area contributed by atoms with Crippen molar-refractivity contribution >= 4 is 11.5 Å².